The van der Waals surface area contributed by atoms with E-state index < -0.39 is 17.8 Å². The minimum Gasteiger partial charge on any atom is -0.481 e. The van der Waals surface area contributed by atoms with Crippen LogP contribution < -0.4 is 5.32 Å². The van der Waals surface area contributed by atoms with Crippen LogP contribution in [-0.4, -0.2) is 22.0 Å². The third-order valence-electron chi connectivity index (χ3n) is 5.45. The smallest absolute Gasteiger partial charge is 0.307 e. The van der Waals surface area contributed by atoms with Crippen LogP contribution in [0, 0.1) is 23.7 Å². The molecular formula is C18H16Cl2N2O3S. The number of aliphatic carboxylic acids is 1. The number of carboxylic acids is 1. The molecule has 2 aliphatic rings. The van der Waals surface area contributed by atoms with Crippen LogP contribution in [0.1, 0.15) is 19.3 Å². The summed E-state index contributed by atoms with van der Waals surface area (Å²) in [4.78, 5) is 28.7. The quantitative estimate of drug-likeness (QED) is 0.758. The molecule has 2 saturated carbocycles. The molecule has 2 aliphatic carbocycles. The molecule has 2 fully saturated rings. The molecule has 2 bridgehead atoms. The van der Waals surface area contributed by atoms with Gasteiger partial charge in [-0.15, -0.1) is 11.3 Å². The number of fused-ring (bicyclic) bond motifs is 2. The first-order valence-electron chi connectivity index (χ1n) is 8.38. The minimum absolute atomic E-state index is 0.118. The van der Waals surface area contributed by atoms with Crippen molar-refractivity contribution in [2.75, 3.05) is 5.32 Å². The summed E-state index contributed by atoms with van der Waals surface area (Å²) in [5, 5.41) is 15.6. The lowest BCUT2D eigenvalue weighted by molar-refractivity contribution is -0.148. The summed E-state index contributed by atoms with van der Waals surface area (Å²) in [6.45, 7) is 0. The molecule has 0 spiro atoms. The van der Waals surface area contributed by atoms with Crippen molar-refractivity contribution in [1.82, 2.24) is 4.98 Å². The zero-order valence-electron chi connectivity index (χ0n) is 13.6. The number of anilines is 1. The molecule has 26 heavy (non-hydrogen) atoms. The average molecular weight is 411 g/mol. The fourth-order valence-corrected chi connectivity index (χ4v) is 5.58. The zero-order valence-corrected chi connectivity index (χ0v) is 15.9. The summed E-state index contributed by atoms with van der Waals surface area (Å²) in [6, 6.07) is 5.15. The minimum atomic E-state index is -0.870. The predicted molar refractivity (Wildman–Crippen MR) is 102 cm³/mol. The Bertz CT molecular complexity index is 885. The summed E-state index contributed by atoms with van der Waals surface area (Å²) < 4.78 is 0. The van der Waals surface area contributed by atoms with Gasteiger partial charge in [-0.05, 0) is 49.3 Å². The Morgan fingerprint density at radius 3 is 2.62 bits per heavy atom. The second kappa shape index (κ2) is 6.83. The van der Waals surface area contributed by atoms with E-state index in [9.17, 15) is 14.7 Å². The van der Waals surface area contributed by atoms with Crippen molar-refractivity contribution in [2.45, 2.75) is 19.3 Å². The van der Waals surface area contributed by atoms with Crippen LogP contribution in [0.15, 0.2) is 23.6 Å². The molecule has 4 rings (SSSR count). The summed E-state index contributed by atoms with van der Waals surface area (Å²) >= 11 is 13.4. The molecule has 2 aromatic rings. The highest BCUT2D eigenvalue weighted by atomic mass is 35.5. The topological polar surface area (TPSA) is 79.3 Å². The van der Waals surface area contributed by atoms with E-state index in [1.807, 2.05) is 0 Å². The van der Waals surface area contributed by atoms with Crippen LogP contribution in [0.25, 0.3) is 11.3 Å². The molecule has 1 aromatic carbocycles. The first-order chi connectivity index (χ1) is 12.4. The Morgan fingerprint density at radius 2 is 1.92 bits per heavy atom. The number of carbonyl (C=O) groups excluding carboxylic acids is 1. The van der Waals surface area contributed by atoms with Gasteiger partial charge in [0.05, 0.1) is 22.6 Å². The van der Waals surface area contributed by atoms with Crippen molar-refractivity contribution in [3.05, 3.63) is 33.6 Å². The monoisotopic (exact) mass is 410 g/mol. The maximum atomic E-state index is 12.7. The zero-order chi connectivity index (χ0) is 18.4. The number of benzene rings is 1. The number of aromatic nitrogens is 1. The maximum absolute atomic E-state index is 12.7. The van der Waals surface area contributed by atoms with E-state index in [1.54, 1.807) is 23.6 Å². The van der Waals surface area contributed by atoms with Crippen LogP contribution in [0.4, 0.5) is 5.13 Å². The molecule has 0 aliphatic heterocycles. The van der Waals surface area contributed by atoms with Gasteiger partial charge in [0, 0.05) is 16.0 Å². The summed E-state index contributed by atoms with van der Waals surface area (Å²) in [6.07, 6.45) is 2.66. The van der Waals surface area contributed by atoms with Gasteiger partial charge in [-0.2, -0.15) is 0 Å². The number of carboxylic acid groups (broad SMARTS) is 1. The lowest BCUT2D eigenvalue weighted by Gasteiger charge is -2.26. The van der Waals surface area contributed by atoms with Crippen LogP contribution in [0.3, 0.4) is 0 Å². The van der Waals surface area contributed by atoms with E-state index in [1.165, 1.54) is 11.3 Å². The second-order valence-electron chi connectivity index (χ2n) is 6.87. The van der Waals surface area contributed by atoms with Gasteiger partial charge in [-0.25, -0.2) is 4.98 Å². The lowest BCUT2D eigenvalue weighted by Crippen LogP contribution is -2.37. The van der Waals surface area contributed by atoms with Crippen molar-refractivity contribution in [2.24, 2.45) is 23.7 Å². The first kappa shape index (κ1) is 17.8. The van der Waals surface area contributed by atoms with Gasteiger partial charge in [-0.1, -0.05) is 23.2 Å². The number of rotatable bonds is 4. The fraction of sp³-hybridized carbons (Fsp3) is 0.389. The highest BCUT2D eigenvalue weighted by Gasteiger charge is 2.54. The van der Waals surface area contributed by atoms with Crippen LogP contribution >= 0.6 is 34.5 Å². The van der Waals surface area contributed by atoms with Gasteiger partial charge in [0.1, 0.15) is 0 Å². The van der Waals surface area contributed by atoms with E-state index in [2.05, 4.69) is 10.3 Å². The molecule has 2 N–H and O–H groups in total. The average Bonchev–Trinajstić information content (AvgIpc) is 3.29. The SMILES string of the molecule is O=C(O)[C@H]1[C@H]2CC[C@H](C2)[C@@H]1C(=O)Nc1nc(-c2ccc(Cl)cc2Cl)cs1. The number of amides is 1. The number of halogens is 2. The molecule has 0 saturated heterocycles. The van der Waals surface area contributed by atoms with Crippen molar-refractivity contribution in [3.63, 3.8) is 0 Å². The largest absolute Gasteiger partial charge is 0.481 e. The first-order valence-corrected chi connectivity index (χ1v) is 10.0. The molecule has 0 radical (unpaired) electrons. The van der Waals surface area contributed by atoms with E-state index >= 15 is 0 Å². The number of hydrogen-bond acceptors (Lipinski definition) is 4. The number of thiazole rings is 1. The summed E-state index contributed by atoms with van der Waals surface area (Å²) in [5.74, 6) is -1.89. The Hall–Kier alpha value is -1.63. The molecule has 0 unspecified atom stereocenters. The lowest BCUT2D eigenvalue weighted by atomic mass is 9.79. The Kier molecular flexibility index (Phi) is 4.67. The van der Waals surface area contributed by atoms with Crippen molar-refractivity contribution < 1.29 is 14.7 Å². The highest BCUT2D eigenvalue weighted by Crippen LogP contribution is 2.52. The summed E-state index contributed by atoms with van der Waals surface area (Å²) in [7, 11) is 0. The number of nitrogens with one attached hydrogen (secondary N) is 1. The molecular weight excluding hydrogens is 395 g/mol. The number of carbonyl (C=O) groups is 2. The summed E-state index contributed by atoms with van der Waals surface area (Å²) in [5.41, 5.74) is 1.38. The van der Waals surface area contributed by atoms with E-state index in [0.717, 1.165) is 24.8 Å². The van der Waals surface area contributed by atoms with Crippen LogP contribution in [0.2, 0.25) is 10.0 Å². The highest BCUT2D eigenvalue weighted by molar-refractivity contribution is 7.14. The second-order valence-corrected chi connectivity index (χ2v) is 8.58. The molecule has 8 heteroatoms. The van der Waals surface area contributed by atoms with Crippen LogP contribution in [-0.2, 0) is 9.59 Å². The standard InChI is InChI=1S/C18H16Cl2N2O3S/c19-10-3-4-11(12(20)6-10)13-7-26-18(21-13)22-16(23)14-8-1-2-9(5-8)15(14)17(24)25/h3-4,6-9,14-15H,1-2,5H2,(H,24,25)(H,21,22,23)/t8-,9+,14+,15+/m1/s1. The predicted octanol–water partition coefficient (Wildman–Crippen LogP) is 4.80. The Balaban J connectivity index is 1.52. The normalized spacial score (nSPS) is 26.8. The van der Waals surface area contributed by atoms with Gasteiger partial charge in [0.25, 0.3) is 0 Å². The van der Waals surface area contributed by atoms with E-state index in [0.29, 0.717) is 20.9 Å². The van der Waals surface area contributed by atoms with E-state index in [-0.39, 0.29) is 17.7 Å². The van der Waals surface area contributed by atoms with Crippen LogP contribution in [0.5, 0.6) is 0 Å². The van der Waals surface area contributed by atoms with Gasteiger partial charge in [0.15, 0.2) is 5.13 Å². The van der Waals surface area contributed by atoms with Crippen molar-refractivity contribution in [1.29, 1.82) is 0 Å². The van der Waals surface area contributed by atoms with Gasteiger partial charge < -0.3 is 10.4 Å². The molecule has 5 nitrogen and oxygen atoms in total. The van der Waals surface area contributed by atoms with Gasteiger partial charge in [-0.3, -0.25) is 9.59 Å². The molecule has 4 atom stereocenters. The fourth-order valence-electron chi connectivity index (χ4n) is 4.36. The Morgan fingerprint density at radius 1 is 1.19 bits per heavy atom. The molecule has 1 aromatic heterocycles. The molecule has 136 valence electrons. The van der Waals surface area contributed by atoms with Crippen molar-refractivity contribution >= 4 is 51.5 Å². The number of hydrogen-bond donors (Lipinski definition) is 2. The molecule has 1 heterocycles. The third-order valence-corrected chi connectivity index (χ3v) is 6.75. The molecule has 1 amide bonds. The number of nitrogens with zero attached hydrogens (tertiary/aromatic N) is 1. The van der Waals surface area contributed by atoms with Crippen molar-refractivity contribution in [3.8, 4) is 11.3 Å². The van der Waals surface area contributed by atoms with E-state index in [4.69, 9.17) is 23.2 Å². The maximum Gasteiger partial charge on any atom is 0.307 e. The van der Waals surface area contributed by atoms with Gasteiger partial charge >= 0.3 is 5.97 Å². The third kappa shape index (κ3) is 3.10. The van der Waals surface area contributed by atoms with Gasteiger partial charge in [0.2, 0.25) is 5.91 Å². The Labute approximate surface area is 164 Å².